The topological polar surface area (TPSA) is 88.5 Å². The summed E-state index contributed by atoms with van der Waals surface area (Å²) in [6.45, 7) is 0. The van der Waals surface area contributed by atoms with Crippen molar-refractivity contribution in [3.8, 4) is 5.75 Å². The third kappa shape index (κ3) is 3.49. The first-order chi connectivity index (χ1) is 10.0. The maximum absolute atomic E-state index is 12.0. The first kappa shape index (κ1) is 14.8. The first-order valence-corrected chi connectivity index (χ1v) is 6.23. The van der Waals surface area contributed by atoms with Crippen LogP contribution in [-0.2, 0) is 0 Å². The zero-order valence-electron chi connectivity index (χ0n) is 11.0. The number of carbonyl (C=O) groups excluding carboxylic acids is 1. The highest BCUT2D eigenvalue weighted by molar-refractivity contribution is 6.29. The zero-order chi connectivity index (χ0) is 15.4. The monoisotopic (exact) mass is 306 g/mol. The number of benzene rings is 1. The number of ether oxygens (including phenoxy) is 1. The lowest BCUT2D eigenvalue weighted by Gasteiger charge is -2.09. The highest BCUT2D eigenvalue weighted by Gasteiger charge is 2.13. The van der Waals surface area contributed by atoms with Crippen LogP contribution in [0.25, 0.3) is 0 Å². The summed E-state index contributed by atoms with van der Waals surface area (Å²) in [5, 5.41) is 11.8. The zero-order valence-corrected chi connectivity index (χ0v) is 11.7. The normalized spacial score (nSPS) is 10.0. The summed E-state index contributed by atoms with van der Waals surface area (Å²) in [7, 11) is 1.36. The van der Waals surface area contributed by atoms with Crippen molar-refractivity contribution in [1.29, 1.82) is 0 Å². The van der Waals surface area contributed by atoms with Crippen LogP contribution >= 0.6 is 11.6 Å². The van der Waals surface area contributed by atoms with Gasteiger partial charge in [-0.2, -0.15) is 0 Å². The van der Waals surface area contributed by atoms with Gasteiger partial charge in [0, 0.05) is 23.5 Å². The molecule has 1 heterocycles. The van der Waals surface area contributed by atoms with Crippen molar-refractivity contribution in [3.63, 3.8) is 0 Å². The van der Waals surface area contributed by atoms with Gasteiger partial charge >= 0.3 is 5.97 Å². The minimum atomic E-state index is -1.11. The van der Waals surface area contributed by atoms with Gasteiger partial charge in [0.25, 0.3) is 5.91 Å². The first-order valence-electron chi connectivity index (χ1n) is 5.85. The van der Waals surface area contributed by atoms with Gasteiger partial charge in [-0.15, -0.1) is 0 Å². The van der Waals surface area contributed by atoms with E-state index in [4.69, 9.17) is 21.4 Å². The minimum Gasteiger partial charge on any atom is -0.496 e. The number of carboxylic acid groups (broad SMARTS) is 1. The number of pyridine rings is 1. The molecule has 1 aromatic carbocycles. The Balaban J connectivity index is 2.24. The summed E-state index contributed by atoms with van der Waals surface area (Å²) in [6, 6.07) is 7.22. The number of anilines is 1. The number of hydrogen-bond acceptors (Lipinski definition) is 4. The number of nitrogens with one attached hydrogen (secondary N) is 1. The van der Waals surface area contributed by atoms with Gasteiger partial charge in [-0.05, 0) is 24.3 Å². The fraction of sp³-hybridized carbons (Fsp3) is 0.0714. The standard InChI is InChI=1S/C14H11ClN2O4/c1-21-11-7-9(2-3-10(11)14(19)20)17-13(18)8-4-5-16-12(15)6-8/h2-7H,1H3,(H,17,18)(H,19,20). The van der Waals surface area contributed by atoms with Crippen LogP contribution in [0.2, 0.25) is 5.15 Å². The van der Waals surface area contributed by atoms with E-state index in [0.29, 0.717) is 11.3 Å². The van der Waals surface area contributed by atoms with Gasteiger partial charge in [-0.3, -0.25) is 4.79 Å². The molecule has 7 heteroatoms. The lowest BCUT2D eigenvalue weighted by molar-refractivity contribution is 0.0693. The van der Waals surface area contributed by atoms with Gasteiger partial charge in [0.2, 0.25) is 0 Å². The molecule has 2 aromatic rings. The number of methoxy groups -OCH3 is 1. The molecule has 0 saturated carbocycles. The molecule has 108 valence electrons. The number of amides is 1. The van der Waals surface area contributed by atoms with E-state index < -0.39 is 5.97 Å². The molecule has 21 heavy (non-hydrogen) atoms. The van der Waals surface area contributed by atoms with Crippen molar-refractivity contribution >= 4 is 29.2 Å². The summed E-state index contributed by atoms with van der Waals surface area (Å²) in [5.74, 6) is -1.33. The molecule has 2 N–H and O–H groups in total. The Hall–Kier alpha value is -2.60. The van der Waals surface area contributed by atoms with Crippen molar-refractivity contribution in [2.24, 2.45) is 0 Å². The largest absolute Gasteiger partial charge is 0.496 e. The molecule has 0 saturated heterocycles. The summed E-state index contributed by atoms with van der Waals surface area (Å²) in [6.07, 6.45) is 1.42. The molecule has 1 aromatic heterocycles. The Morgan fingerprint density at radius 3 is 2.67 bits per heavy atom. The number of aromatic nitrogens is 1. The van der Waals surface area contributed by atoms with Crippen molar-refractivity contribution < 1.29 is 19.4 Å². The molecule has 0 aliphatic heterocycles. The lowest BCUT2D eigenvalue weighted by atomic mass is 10.1. The van der Waals surface area contributed by atoms with E-state index in [0.717, 1.165) is 0 Å². The number of aromatic carboxylic acids is 1. The Bertz CT molecular complexity index is 703. The molecule has 0 unspecified atom stereocenters. The SMILES string of the molecule is COc1cc(NC(=O)c2ccnc(Cl)c2)ccc1C(=O)O. The smallest absolute Gasteiger partial charge is 0.339 e. The van der Waals surface area contributed by atoms with Gasteiger partial charge in [-0.1, -0.05) is 11.6 Å². The minimum absolute atomic E-state index is 0.0162. The summed E-state index contributed by atoms with van der Waals surface area (Å²) in [5.41, 5.74) is 0.772. The fourth-order valence-electron chi connectivity index (χ4n) is 1.69. The van der Waals surface area contributed by atoms with Crippen LogP contribution < -0.4 is 10.1 Å². The van der Waals surface area contributed by atoms with Gasteiger partial charge in [0.15, 0.2) is 0 Å². The number of rotatable bonds is 4. The van der Waals surface area contributed by atoms with E-state index in [-0.39, 0.29) is 22.4 Å². The molecule has 0 radical (unpaired) electrons. The summed E-state index contributed by atoms with van der Waals surface area (Å²) >= 11 is 5.72. The predicted molar refractivity (Wildman–Crippen MR) is 77.2 cm³/mol. The van der Waals surface area contributed by atoms with Crippen LogP contribution in [0, 0.1) is 0 Å². The molecular formula is C14H11ClN2O4. The highest BCUT2D eigenvalue weighted by atomic mass is 35.5. The van der Waals surface area contributed by atoms with Gasteiger partial charge in [-0.25, -0.2) is 9.78 Å². The molecule has 6 nitrogen and oxygen atoms in total. The van der Waals surface area contributed by atoms with E-state index in [1.807, 2.05) is 0 Å². The fourth-order valence-corrected chi connectivity index (χ4v) is 1.87. The van der Waals surface area contributed by atoms with Crippen LogP contribution in [0.4, 0.5) is 5.69 Å². The molecule has 0 aliphatic carbocycles. The Labute approximate surface area is 125 Å². The van der Waals surface area contributed by atoms with E-state index in [9.17, 15) is 9.59 Å². The maximum Gasteiger partial charge on any atom is 0.339 e. The van der Waals surface area contributed by atoms with Crippen LogP contribution in [-0.4, -0.2) is 29.1 Å². The van der Waals surface area contributed by atoms with Crippen LogP contribution in [0.5, 0.6) is 5.75 Å². The molecule has 0 aliphatic rings. The Morgan fingerprint density at radius 1 is 1.29 bits per heavy atom. The molecule has 2 rings (SSSR count). The quantitative estimate of drug-likeness (QED) is 0.848. The van der Waals surface area contributed by atoms with Crippen LogP contribution in [0.3, 0.4) is 0 Å². The van der Waals surface area contributed by atoms with Crippen LogP contribution in [0.1, 0.15) is 20.7 Å². The second kappa shape index (κ2) is 6.23. The number of nitrogens with zero attached hydrogens (tertiary/aromatic N) is 1. The van der Waals surface area contributed by atoms with Crippen molar-refractivity contribution in [2.75, 3.05) is 12.4 Å². The maximum atomic E-state index is 12.0. The second-order valence-corrected chi connectivity index (χ2v) is 4.43. The van der Waals surface area contributed by atoms with Gasteiger partial charge in [0.05, 0.1) is 7.11 Å². The van der Waals surface area contributed by atoms with E-state index in [1.54, 1.807) is 0 Å². The molecular weight excluding hydrogens is 296 g/mol. The predicted octanol–water partition coefficient (Wildman–Crippen LogP) is 2.69. The molecule has 0 spiro atoms. The third-order valence-electron chi connectivity index (χ3n) is 2.68. The van der Waals surface area contributed by atoms with Crippen molar-refractivity contribution in [1.82, 2.24) is 4.98 Å². The molecule has 0 bridgehead atoms. The van der Waals surface area contributed by atoms with Gasteiger partial charge < -0.3 is 15.2 Å². The van der Waals surface area contributed by atoms with Crippen LogP contribution in [0.15, 0.2) is 36.5 Å². The number of hydrogen-bond donors (Lipinski definition) is 2. The van der Waals surface area contributed by atoms with Gasteiger partial charge in [0.1, 0.15) is 16.5 Å². The van der Waals surface area contributed by atoms with E-state index in [2.05, 4.69) is 10.3 Å². The average Bonchev–Trinajstić information content (AvgIpc) is 2.46. The third-order valence-corrected chi connectivity index (χ3v) is 2.89. The Kier molecular flexibility index (Phi) is 4.39. The average molecular weight is 307 g/mol. The number of carboxylic acids is 1. The Morgan fingerprint density at radius 2 is 2.05 bits per heavy atom. The lowest BCUT2D eigenvalue weighted by Crippen LogP contribution is -2.12. The number of carbonyl (C=O) groups is 2. The van der Waals surface area contributed by atoms with Crippen molar-refractivity contribution in [2.45, 2.75) is 0 Å². The van der Waals surface area contributed by atoms with Crippen molar-refractivity contribution in [3.05, 3.63) is 52.8 Å². The number of halogens is 1. The van der Waals surface area contributed by atoms with E-state index >= 15 is 0 Å². The summed E-state index contributed by atoms with van der Waals surface area (Å²) in [4.78, 5) is 26.8. The molecule has 0 atom stereocenters. The summed E-state index contributed by atoms with van der Waals surface area (Å²) < 4.78 is 4.99. The molecule has 1 amide bonds. The highest BCUT2D eigenvalue weighted by Crippen LogP contribution is 2.23. The second-order valence-electron chi connectivity index (χ2n) is 4.04. The van der Waals surface area contributed by atoms with E-state index in [1.165, 1.54) is 43.6 Å². The molecule has 0 fully saturated rings.